The minimum Gasteiger partial charge on any atom is -0.481 e. The minimum atomic E-state index is -0.863. The number of benzene rings is 1. The zero-order valence-electron chi connectivity index (χ0n) is 17.2. The summed E-state index contributed by atoms with van der Waals surface area (Å²) in [7, 11) is 0. The molecule has 0 bridgehead atoms. The molecule has 10 heteroatoms. The summed E-state index contributed by atoms with van der Waals surface area (Å²) in [5.74, 6) is -2.29. The third-order valence-corrected chi connectivity index (χ3v) is 3.99. The summed E-state index contributed by atoms with van der Waals surface area (Å²) in [4.78, 5) is 44.7. The quantitative estimate of drug-likeness (QED) is 0.169. The zero-order valence-corrected chi connectivity index (χ0v) is 17.2. The second-order valence-corrected chi connectivity index (χ2v) is 6.56. The maximum absolute atomic E-state index is 12.4. The largest absolute Gasteiger partial charge is 0.481 e. The van der Waals surface area contributed by atoms with Gasteiger partial charge in [0.25, 0.3) is 5.97 Å². The molecule has 1 atom stereocenters. The molecule has 30 heavy (non-hydrogen) atoms. The SMILES string of the molecule is CC(=O)O.CC(=O)OC(=O)[C@H](CCCCN)Nc1c(C)c2ccc(N)cc2oc1=O. The second-order valence-electron chi connectivity index (χ2n) is 6.56. The molecular formula is C20H27N3O7. The zero-order chi connectivity index (χ0) is 22.8. The lowest BCUT2D eigenvalue weighted by Crippen LogP contribution is -2.34. The van der Waals surface area contributed by atoms with Crippen molar-refractivity contribution in [2.24, 2.45) is 5.73 Å². The number of hydrogen-bond donors (Lipinski definition) is 4. The molecule has 0 saturated heterocycles. The van der Waals surface area contributed by atoms with E-state index in [1.54, 1.807) is 25.1 Å². The fourth-order valence-electron chi connectivity index (χ4n) is 2.67. The van der Waals surface area contributed by atoms with E-state index in [9.17, 15) is 14.4 Å². The Hall–Kier alpha value is -3.40. The van der Waals surface area contributed by atoms with E-state index in [0.717, 1.165) is 13.8 Å². The predicted octanol–water partition coefficient (Wildman–Crippen LogP) is 1.77. The van der Waals surface area contributed by atoms with E-state index in [-0.39, 0.29) is 5.69 Å². The summed E-state index contributed by atoms with van der Waals surface area (Å²) in [6.45, 7) is 4.45. The normalized spacial score (nSPS) is 11.2. The molecule has 2 rings (SSSR count). The molecule has 0 amide bonds. The first kappa shape index (κ1) is 24.6. The van der Waals surface area contributed by atoms with Gasteiger partial charge in [0.05, 0.1) is 0 Å². The molecule has 1 aromatic carbocycles. The van der Waals surface area contributed by atoms with Crippen LogP contribution in [0.5, 0.6) is 0 Å². The van der Waals surface area contributed by atoms with Crippen molar-refractivity contribution < 1.29 is 28.6 Å². The summed E-state index contributed by atoms with van der Waals surface area (Å²) >= 11 is 0. The van der Waals surface area contributed by atoms with Crippen LogP contribution in [0.15, 0.2) is 27.4 Å². The van der Waals surface area contributed by atoms with Crippen molar-refractivity contribution in [3.05, 3.63) is 34.2 Å². The highest BCUT2D eigenvalue weighted by Gasteiger charge is 2.24. The fourth-order valence-corrected chi connectivity index (χ4v) is 2.67. The molecule has 6 N–H and O–H groups in total. The fraction of sp³-hybridized carbons (Fsp3) is 0.400. The highest BCUT2D eigenvalue weighted by molar-refractivity contribution is 5.91. The average molecular weight is 421 g/mol. The number of aryl methyl sites for hydroxylation is 1. The number of carboxylic acids is 1. The van der Waals surface area contributed by atoms with Crippen LogP contribution in [0, 0.1) is 6.92 Å². The second kappa shape index (κ2) is 11.6. The van der Waals surface area contributed by atoms with Crippen LogP contribution in [0.2, 0.25) is 0 Å². The van der Waals surface area contributed by atoms with Crippen molar-refractivity contribution in [1.82, 2.24) is 0 Å². The Morgan fingerprint density at radius 3 is 2.43 bits per heavy atom. The Kier molecular flexibility index (Phi) is 9.50. The number of esters is 2. The number of nitrogens with one attached hydrogen (secondary N) is 1. The van der Waals surface area contributed by atoms with Crippen LogP contribution in [-0.4, -0.2) is 35.6 Å². The summed E-state index contributed by atoms with van der Waals surface area (Å²) < 4.78 is 9.98. The van der Waals surface area contributed by atoms with Crippen LogP contribution >= 0.6 is 0 Å². The Morgan fingerprint density at radius 2 is 1.87 bits per heavy atom. The topological polar surface area (TPSA) is 175 Å². The van der Waals surface area contributed by atoms with E-state index in [4.69, 9.17) is 25.8 Å². The number of fused-ring (bicyclic) bond motifs is 1. The molecule has 1 heterocycles. The number of hydrogen-bond acceptors (Lipinski definition) is 9. The predicted molar refractivity (Wildman–Crippen MR) is 112 cm³/mol. The smallest absolute Gasteiger partial charge is 0.360 e. The maximum Gasteiger partial charge on any atom is 0.360 e. The number of nitrogen functional groups attached to an aromatic ring is 1. The Labute approximate surface area is 173 Å². The molecule has 0 saturated carbocycles. The highest BCUT2D eigenvalue weighted by Crippen LogP contribution is 2.25. The van der Waals surface area contributed by atoms with E-state index in [0.29, 0.717) is 48.0 Å². The summed E-state index contributed by atoms with van der Waals surface area (Å²) in [6, 6.07) is 4.14. The first-order valence-corrected chi connectivity index (χ1v) is 9.28. The number of unbranched alkanes of at least 4 members (excludes halogenated alkanes) is 1. The Balaban J connectivity index is 0.00000103. The van der Waals surface area contributed by atoms with E-state index in [1.807, 2.05) is 0 Å². The molecular weight excluding hydrogens is 394 g/mol. The Bertz CT molecular complexity index is 965. The monoisotopic (exact) mass is 421 g/mol. The van der Waals surface area contributed by atoms with Gasteiger partial charge in [-0.05, 0) is 50.4 Å². The van der Waals surface area contributed by atoms with Crippen molar-refractivity contribution in [1.29, 1.82) is 0 Å². The number of nitrogens with two attached hydrogens (primary N) is 2. The first-order chi connectivity index (χ1) is 14.1. The van der Waals surface area contributed by atoms with E-state index in [1.165, 1.54) is 0 Å². The van der Waals surface area contributed by atoms with Gasteiger partial charge in [-0.2, -0.15) is 0 Å². The van der Waals surface area contributed by atoms with Gasteiger partial charge in [0.2, 0.25) is 0 Å². The number of carbonyl (C=O) groups excluding carboxylic acids is 2. The molecule has 0 aliphatic rings. The lowest BCUT2D eigenvalue weighted by Gasteiger charge is -2.18. The standard InChI is InChI=1S/C18H23N3O5.C2H4O2/c1-10-13-7-6-12(20)9-15(13)26-18(24)16(10)21-14(5-3-4-8-19)17(23)25-11(2)22;1-2(3)4/h6-7,9,14,21H,3-5,8,19-20H2,1-2H3;1H3,(H,3,4)/t14-;/m0./s1. The lowest BCUT2D eigenvalue weighted by molar-refractivity contribution is -0.158. The van der Waals surface area contributed by atoms with Gasteiger partial charge < -0.3 is 31.0 Å². The Morgan fingerprint density at radius 1 is 1.23 bits per heavy atom. The third-order valence-electron chi connectivity index (χ3n) is 3.99. The summed E-state index contributed by atoms with van der Waals surface area (Å²) in [6.07, 6.45) is 1.70. The molecule has 0 aliphatic heterocycles. The van der Waals surface area contributed by atoms with Gasteiger partial charge in [-0.1, -0.05) is 0 Å². The summed E-state index contributed by atoms with van der Waals surface area (Å²) in [5, 5.41) is 11.0. The molecule has 0 spiro atoms. The minimum absolute atomic E-state index is 0.153. The van der Waals surface area contributed by atoms with Crippen molar-refractivity contribution >= 4 is 40.3 Å². The van der Waals surface area contributed by atoms with Crippen molar-refractivity contribution in [2.45, 2.75) is 46.1 Å². The lowest BCUT2D eigenvalue weighted by atomic mass is 10.1. The number of rotatable bonds is 7. The van der Waals surface area contributed by atoms with Gasteiger partial charge in [-0.3, -0.25) is 9.59 Å². The molecule has 1 aromatic heterocycles. The van der Waals surface area contributed by atoms with Crippen LogP contribution in [0.25, 0.3) is 11.0 Å². The van der Waals surface area contributed by atoms with Gasteiger partial charge >= 0.3 is 17.6 Å². The molecule has 0 radical (unpaired) electrons. The number of carbonyl (C=O) groups is 3. The van der Waals surface area contributed by atoms with E-state index in [2.05, 4.69) is 10.1 Å². The van der Waals surface area contributed by atoms with Gasteiger partial charge in [0, 0.05) is 31.0 Å². The van der Waals surface area contributed by atoms with Gasteiger partial charge in [0.15, 0.2) is 0 Å². The molecule has 0 fully saturated rings. The summed E-state index contributed by atoms with van der Waals surface area (Å²) in [5.41, 5.74) is 12.2. The number of anilines is 2. The number of ether oxygens (including phenoxy) is 1. The van der Waals surface area contributed by atoms with Crippen LogP contribution in [0.3, 0.4) is 0 Å². The molecule has 164 valence electrons. The van der Waals surface area contributed by atoms with Crippen LogP contribution in [-0.2, 0) is 19.1 Å². The van der Waals surface area contributed by atoms with Gasteiger partial charge in [-0.25, -0.2) is 9.59 Å². The average Bonchev–Trinajstić information content (AvgIpc) is 2.62. The maximum atomic E-state index is 12.4. The van der Waals surface area contributed by atoms with Gasteiger partial charge in [-0.15, -0.1) is 0 Å². The van der Waals surface area contributed by atoms with Crippen molar-refractivity contribution in [2.75, 3.05) is 17.6 Å². The van der Waals surface area contributed by atoms with Crippen LogP contribution in [0.1, 0.15) is 38.7 Å². The highest BCUT2D eigenvalue weighted by atomic mass is 16.6. The van der Waals surface area contributed by atoms with E-state index >= 15 is 0 Å². The van der Waals surface area contributed by atoms with Gasteiger partial charge in [0.1, 0.15) is 17.3 Å². The molecule has 10 nitrogen and oxygen atoms in total. The first-order valence-electron chi connectivity index (χ1n) is 9.28. The number of carboxylic acid groups (broad SMARTS) is 1. The van der Waals surface area contributed by atoms with Crippen molar-refractivity contribution in [3.8, 4) is 0 Å². The molecule has 2 aromatic rings. The third kappa shape index (κ3) is 7.55. The molecule has 0 aliphatic carbocycles. The molecule has 0 unspecified atom stereocenters. The van der Waals surface area contributed by atoms with Crippen LogP contribution in [0.4, 0.5) is 11.4 Å². The van der Waals surface area contributed by atoms with Crippen molar-refractivity contribution in [3.63, 3.8) is 0 Å². The van der Waals surface area contributed by atoms with Crippen LogP contribution < -0.4 is 22.4 Å². The van der Waals surface area contributed by atoms with E-state index < -0.39 is 29.6 Å². The number of aliphatic carboxylic acids is 1.